The van der Waals surface area contributed by atoms with Gasteiger partial charge in [0.05, 0.1) is 35.5 Å². The summed E-state index contributed by atoms with van der Waals surface area (Å²) in [7, 11) is 9.15. The van der Waals surface area contributed by atoms with Crippen molar-refractivity contribution in [3.8, 4) is 34.5 Å². The average molecular weight is 1130 g/mol. The molecule has 0 aliphatic heterocycles. The highest BCUT2D eigenvalue weighted by molar-refractivity contribution is 5.61. The van der Waals surface area contributed by atoms with Crippen molar-refractivity contribution < 1.29 is 28.4 Å². The maximum absolute atomic E-state index is 7.31. The number of ether oxygens (including phenoxy) is 6. The van der Waals surface area contributed by atoms with Gasteiger partial charge in [-0.25, -0.2) is 0 Å². The molecule has 84 heavy (non-hydrogen) atoms. The number of fused-ring (bicyclic) bond motifs is 12. The molecule has 7 aromatic carbocycles. The second kappa shape index (κ2) is 24.0. The van der Waals surface area contributed by atoms with E-state index in [1.165, 1.54) is 33.4 Å². The zero-order valence-corrected chi connectivity index (χ0v) is 55.7. The van der Waals surface area contributed by atoms with Crippen molar-refractivity contribution in [2.24, 2.45) is 0 Å². The summed E-state index contributed by atoms with van der Waals surface area (Å²) < 4.78 is 40.8. The summed E-state index contributed by atoms with van der Waals surface area (Å²) in [6.45, 7) is 42.0. The summed E-state index contributed by atoms with van der Waals surface area (Å²) in [6.07, 6.45) is 3.53. The van der Waals surface area contributed by atoms with Crippen LogP contribution in [0.2, 0.25) is 0 Å². The molecule has 7 aromatic rings. The van der Waals surface area contributed by atoms with Gasteiger partial charge in [0.1, 0.15) is 41.1 Å². The van der Waals surface area contributed by atoms with E-state index >= 15 is 0 Å². The summed E-state index contributed by atoms with van der Waals surface area (Å²) in [4.78, 5) is 0. The second-order valence-electron chi connectivity index (χ2n) is 30.1. The molecule has 1 aliphatic rings. The zero-order valence-electron chi connectivity index (χ0n) is 55.7. The predicted molar refractivity (Wildman–Crippen MR) is 351 cm³/mol. The van der Waals surface area contributed by atoms with Gasteiger partial charge in [0.15, 0.2) is 0 Å². The van der Waals surface area contributed by atoms with E-state index in [1.54, 1.807) is 0 Å². The average Bonchev–Trinajstić information content (AvgIpc) is 3.15. The van der Waals surface area contributed by atoms with Crippen molar-refractivity contribution in [1.82, 2.24) is 0 Å². The van der Waals surface area contributed by atoms with Gasteiger partial charge in [-0.2, -0.15) is 0 Å². The summed E-state index contributed by atoms with van der Waals surface area (Å²) in [6, 6.07) is 39.1. The van der Waals surface area contributed by atoms with Gasteiger partial charge in [0.2, 0.25) is 0 Å². The van der Waals surface area contributed by atoms with Crippen LogP contribution in [0.1, 0.15) is 230 Å². The molecule has 0 aromatic heterocycles. The van der Waals surface area contributed by atoms with E-state index in [1.807, 2.05) is 35.5 Å². The molecule has 0 unspecified atom stereocenters. The topological polar surface area (TPSA) is 55.4 Å². The third kappa shape index (κ3) is 14.0. The first-order chi connectivity index (χ1) is 39.1. The highest BCUT2D eigenvalue weighted by Gasteiger charge is 2.31. The fraction of sp³-hybridized carbons (Fsp3) is 0.462. The quantitative estimate of drug-likeness (QED) is 0.151. The first-order valence-electron chi connectivity index (χ1n) is 30.5. The van der Waals surface area contributed by atoms with Crippen LogP contribution in [0.3, 0.4) is 0 Å². The molecule has 0 radical (unpaired) electrons. The molecule has 0 spiro atoms. The second-order valence-corrected chi connectivity index (χ2v) is 30.1. The lowest BCUT2D eigenvalue weighted by Crippen LogP contribution is -2.17. The third-order valence-corrected chi connectivity index (χ3v) is 17.2. The van der Waals surface area contributed by atoms with E-state index in [0.717, 1.165) is 107 Å². The molecule has 1 aliphatic carbocycles. The van der Waals surface area contributed by atoms with Gasteiger partial charge in [-0.15, -0.1) is 0 Å². The van der Waals surface area contributed by atoms with Crippen LogP contribution in [0.4, 0.5) is 0 Å². The van der Waals surface area contributed by atoms with Gasteiger partial charge in [0.25, 0.3) is 0 Å². The molecule has 0 fully saturated rings. The normalized spacial score (nSPS) is 13.7. The Bertz CT molecular complexity index is 3320. The predicted octanol–water partition coefficient (Wildman–Crippen LogP) is 19.0. The number of methoxy groups -OCH3 is 5. The van der Waals surface area contributed by atoms with Crippen LogP contribution in [0.25, 0.3) is 0 Å². The third-order valence-electron chi connectivity index (χ3n) is 17.2. The van der Waals surface area contributed by atoms with E-state index < -0.39 is 0 Å². The maximum Gasteiger partial charge on any atom is 0.126 e. The summed E-state index contributed by atoms with van der Waals surface area (Å²) in [5, 5.41) is 0. The molecule has 0 atom stereocenters. The van der Waals surface area contributed by atoms with Crippen LogP contribution in [-0.2, 0) is 77.6 Å². The minimum Gasteiger partial charge on any atom is -0.496 e. The minimum atomic E-state index is -0.188. The van der Waals surface area contributed by atoms with Crippen LogP contribution in [0.15, 0.2) is 103 Å². The molecular weight excluding hydrogens is 1030 g/mol. The first-order valence-corrected chi connectivity index (χ1v) is 30.5. The van der Waals surface area contributed by atoms with Crippen molar-refractivity contribution in [3.63, 3.8) is 0 Å². The molecular formula is C78H100O6. The first kappa shape index (κ1) is 63.4. The summed E-state index contributed by atoms with van der Waals surface area (Å²) >= 11 is 0. The standard InChI is InChI=1S/C78H100O6/c1-73(2,3)61-35-49-29-51-37-62(74(4,5)6)39-53(68(51)80-20)31-55-41-64(76(10,11)12)43-57(70(55)82-22)33-59-45-66(78(16,17)18)46-60(72(59)84-47-48-27-25-24-26-28-48)34-58-44-65(77(13,14)15)42-56(71(58)83-23)32-54-40-63(75(7,8)9)38-52(69(54)81-21)30-50(36-61)67(49)79-19/h24-28,35-46H,29-34,47H2,1-23H3. The number of benzene rings is 7. The van der Waals surface area contributed by atoms with Crippen molar-refractivity contribution in [2.75, 3.05) is 35.5 Å². The Balaban J connectivity index is 1.53. The largest absolute Gasteiger partial charge is 0.496 e. The van der Waals surface area contributed by atoms with Crippen LogP contribution < -0.4 is 28.4 Å². The molecule has 448 valence electrons. The van der Waals surface area contributed by atoms with Crippen LogP contribution >= 0.6 is 0 Å². The zero-order chi connectivity index (χ0) is 61.6. The SMILES string of the molecule is COc1c2cc(C(C)(C)C)cc1Cc1cc(C(C)(C)C)cc(c1OC)Cc1cc(C(C)(C)C)cc(c1OC)Cc1cc(C(C)(C)C)cc(c1OCc1ccccc1)Cc1cc(C(C)(C)C)cc(c1OC)Cc1cc(C(C)(C)C)cc(c1OC)C2. The Hall–Kier alpha value is -6.66. The van der Waals surface area contributed by atoms with Gasteiger partial charge in [-0.05, 0) is 138 Å². The molecule has 6 nitrogen and oxygen atoms in total. The Kier molecular flexibility index (Phi) is 18.1. The monoisotopic (exact) mass is 1130 g/mol. The molecule has 6 heteroatoms. The van der Waals surface area contributed by atoms with Crippen molar-refractivity contribution >= 4 is 0 Å². The Morgan fingerprint density at radius 3 is 0.571 bits per heavy atom. The lowest BCUT2D eigenvalue weighted by molar-refractivity contribution is 0.300. The molecule has 12 bridgehead atoms. The highest BCUT2D eigenvalue weighted by Crippen LogP contribution is 2.46. The fourth-order valence-electron chi connectivity index (χ4n) is 12.2. The van der Waals surface area contributed by atoms with Gasteiger partial charge >= 0.3 is 0 Å². The molecule has 0 N–H and O–H groups in total. The molecule has 8 rings (SSSR count). The van der Waals surface area contributed by atoms with Gasteiger partial charge < -0.3 is 28.4 Å². The van der Waals surface area contributed by atoms with E-state index in [2.05, 4.69) is 228 Å². The minimum absolute atomic E-state index is 0.161. The van der Waals surface area contributed by atoms with E-state index in [0.29, 0.717) is 45.1 Å². The Labute approximate surface area is 507 Å². The summed E-state index contributed by atoms with van der Waals surface area (Å²) in [5.41, 5.74) is 20.9. The molecule has 0 amide bonds. The van der Waals surface area contributed by atoms with Gasteiger partial charge in [-0.1, -0.05) is 228 Å². The summed E-state index contributed by atoms with van der Waals surface area (Å²) in [5.74, 6) is 5.27. The molecule has 0 heterocycles. The lowest BCUT2D eigenvalue weighted by atomic mass is 9.79. The Morgan fingerprint density at radius 2 is 0.417 bits per heavy atom. The van der Waals surface area contributed by atoms with Crippen LogP contribution in [0, 0.1) is 0 Å². The Morgan fingerprint density at radius 1 is 0.250 bits per heavy atom. The smallest absolute Gasteiger partial charge is 0.126 e. The number of hydrogen-bond donors (Lipinski definition) is 0. The van der Waals surface area contributed by atoms with Crippen molar-refractivity contribution in [2.45, 2.75) is 202 Å². The number of hydrogen-bond acceptors (Lipinski definition) is 6. The lowest BCUT2D eigenvalue weighted by Gasteiger charge is -2.28. The van der Waals surface area contributed by atoms with Crippen molar-refractivity contribution in [1.29, 1.82) is 0 Å². The maximum atomic E-state index is 7.31. The van der Waals surface area contributed by atoms with Gasteiger partial charge in [-0.3, -0.25) is 0 Å². The number of rotatable bonds is 8. The fourth-order valence-corrected chi connectivity index (χ4v) is 12.2. The highest BCUT2D eigenvalue weighted by atomic mass is 16.5. The molecule has 0 saturated heterocycles. The van der Waals surface area contributed by atoms with Crippen molar-refractivity contribution in [3.05, 3.63) is 209 Å². The van der Waals surface area contributed by atoms with Crippen LogP contribution in [-0.4, -0.2) is 35.5 Å². The van der Waals surface area contributed by atoms with E-state index in [-0.39, 0.29) is 32.5 Å². The van der Waals surface area contributed by atoms with E-state index in [9.17, 15) is 0 Å². The van der Waals surface area contributed by atoms with Crippen LogP contribution in [0.5, 0.6) is 34.5 Å². The molecule has 0 saturated carbocycles. The van der Waals surface area contributed by atoms with E-state index in [4.69, 9.17) is 28.4 Å². The van der Waals surface area contributed by atoms with Gasteiger partial charge in [0, 0.05) is 38.5 Å².